The van der Waals surface area contributed by atoms with Gasteiger partial charge in [-0.25, -0.2) is 4.98 Å². The van der Waals surface area contributed by atoms with E-state index in [1.807, 2.05) is 30.3 Å². The number of rotatable bonds is 5. The topological polar surface area (TPSA) is 161 Å². The number of amides is 4. The average Bonchev–Trinajstić information content (AvgIpc) is 3.75. The zero-order valence-corrected chi connectivity index (χ0v) is 22.2. The Kier molecular flexibility index (Phi) is 8.49. The number of likely N-dealkylation sites (N-methyl/N-ethyl adjacent to an activating group) is 1. The highest BCUT2D eigenvalue weighted by Gasteiger charge is 2.45. The molecule has 11 nitrogen and oxygen atoms in total. The Bertz CT molecular complexity index is 1220. The molecule has 2 aromatic rings. The second-order valence-electron chi connectivity index (χ2n) is 10.4. The monoisotopic (exact) mass is 537 g/mol. The highest BCUT2D eigenvalue weighted by atomic mass is 16.3. The Morgan fingerprint density at radius 3 is 2.38 bits per heavy atom. The molecule has 1 aliphatic carbocycles. The Labute approximate surface area is 227 Å². The first-order chi connectivity index (χ1) is 18.6. The number of nitrogens with zero attached hydrogens (tertiary/aromatic N) is 2. The molecule has 5 N–H and O–H groups in total. The minimum Gasteiger partial charge on any atom is -0.505 e. The number of pyridine rings is 1. The van der Waals surface area contributed by atoms with Crippen molar-refractivity contribution < 1.29 is 29.4 Å². The molecule has 2 heterocycles. The number of hydrogen-bond acceptors (Lipinski definition) is 7. The van der Waals surface area contributed by atoms with Gasteiger partial charge in [0.15, 0.2) is 5.69 Å². The molecule has 0 bridgehead atoms. The molecule has 39 heavy (non-hydrogen) atoms. The minimum atomic E-state index is -1.28. The van der Waals surface area contributed by atoms with E-state index in [9.17, 15) is 29.4 Å². The highest BCUT2D eigenvalue weighted by molar-refractivity contribution is 5.98. The van der Waals surface area contributed by atoms with Gasteiger partial charge in [0.2, 0.25) is 17.7 Å². The molecule has 4 rings (SSSR count). The summed E-state index contributed by atoms with van der Waals surface area (Å²) in [6, 6.07) is 8.15. The number of benzene rings is 1. The Hall–Kier alpha value is -3.99. The van der Waals surface area contributed by atoms with Gasteiger partial charge >= 0.3 is 0 Å². The molecule has 1 aromatic heterocycles. The van der Waals surface area contributed by atoms with Gasteiger partial charge in [-0.2, -0.15) is 0 Å². The summed E-state index contributed by atoms with van der Waals surface area (Å²) in [7, 11) is 1.55. The van der Waals surface area contributed by atoms with Crippen molar-refractivity contribution in [1.82, 2.24) is 25.8 Å². The van der Waals surface area contributed by atoms with Crippen LogP contribution in [0.15, 0.2) is 48.7 Å². The van der Waals surface area contributed by atoms with Gasteiger partial charge in [0, 0.05) is 13.2 Å². The van der Waals surface area contributed by atoms with Crippen LogP contribution in [0.25, 0.3) is 0 Å². The first-order valence-corrected chi connectivity index (χ1v) is 13.1. The summed E-state index contributed by atoms with van der Waals surface area (Å²) in [4.78, 5) is 58.7. The molecule has 0 spiro atoms. The standard InChI is InChI=1S/C28H35N5O6/c1-15-24(35)19(14-17-8-5-4-6-9-17)31-25(36)21(32-26(37)22-20(34)10-7-13-29-22)16(2)30-27(38)23(18-11-12-18)33(3)28(15)39/h4-10,13,15-16,18-19,21,23-24,34-35H,11-12,14H2,1-3H3,(H,30,38)(H,31,36)(H,32,37)/t15-,16-,19+,21+,23?,24+/m1/s1. The number of hydrogen-bond donors (Lipinski definition) is 5. The van der Waals surface area contributed by atoms with Gasteiger partial charge in [-0.15, -0.1) is 0 Å². The molecule has 1 saturated heterocycles. The fourth-order valence-corrected chi connectivity index (χ4v) is 5.06. The molecule has 2 fully saturated rings. The van der Waals surface area contributed by atoms with Gasteiger partial charge < -0.3 is 31.1 Å². The summed E-state index contributed by atoms with van der Waals surface area (Å²) >= 11 is 0. The molecular weight excluding hydrogens is 502 g/mol. The summed E-state index contributed by atoms with van der Waals surface area (Å²) in [6.07, 6.45) is 1.83. The van der Waals surface area contributed by atoms with Crippen LogP contribution in [-0.2, 0) is 20.8 Å². The molecule has 1 saturated carbocycles. The fraction of sp³-hybridized carbons (Fsp3) is 0.464. The van der Waals surface area contributed by atoms with Crippen LogP contribution in [0.2, 0.25) is 0 Å². The van der Waals surface area contributed by atoms with Crippen LogP contribution in [-0.4, -0.2) is 81.0 Å². The van der Waals surface area contributed by atoms with E-state index in [0.29, 0.717) is 0 Å². The number of aliphatic hydroxyl groups excluding tert-OH is 1. The number of aromatic hydroxyl groups is 1. The molecule has 11 heteroatoms. The van der Waals surface area contributed by atoms with Crippen molar-refractivity contribution in [2.75, 3.05) is 7.05 Å². The van der Waals surface area contributed by atoms with Gasteiger partial charge in [0.05, 0.1) is 24.1 Å². The third-order valence-corrected chi connectivity index (χ3v) is 7.48. The molecular formula is C28H35N5O6. The summed E-state index contributed by atoms with van der Waals surface area (Å²) in [5.74, 6) is -3.63. The van der Waals surface area contributed by atoms with E-state index in [1.165, 1.54) is 23.2 Å². The fourth-order valence-electron chi connectivity index (χ4n) is 5.06. The van der Waals surface area contributed by atoms with E-state index < -0.39 is 59.8 Å². The quantitative estimate of drug-likeness (QED) is 0.368. The third-order valence-electron chi connectivity index (χ3n) is 7.48. The Balaban J connectivity index is 1.70. The predicted molar refractivity (Wildman–Crippen MR) is 141 cm³/mol. The second kappa shape index (κ2) is 11.8. The van der Waals surface area contributed by atoms with Gasteiger partial charge in [-0.1, -0.05) is 37.3 Å². The maximum atomic E-state index is 13.7. The molecule has 6 atom stereocenters. The lowest BCUT2D eigenvalue weighted by atomic mass is 9.90. The van der Waals surface area contributed by atoms with Crippen molar-refractivity contribution in [2.24, 2.45) is 11.8 Å². The SMILES string of the molecule is C[C@H]1NC(=O)C(C2CC2)N(C)C(=O)[C@H](C)[C@H](O)[C@H](Cc2ccccc2)NC(=O)[C@H]1NC(=O)c1ncccc1O. The van der Waals surface area contributed by atoms with Crippen molar-refractivity contribution in [3.63, 3.8) is 0 Å². The van der Waals surface area contributed by atoms with E-state index in [0.717, 1.165) is 18.4 Å². The van der Waals surface area contributed by atoms with Crippen molar-refractivity contribution in [3.8, 4) is 5.75 Å². The van der Waals surface area contributed by atoms with E-state index in [1.54, 1.807) is 20.9 Å². The van der Waals surface area contributed by atoms with Crippen LogP contribution < -0.4 is 16.0 Å². The predicted octanol–water partition coefficient (Wildman–Crippen LogP) is 0.365. The molecule has 1 aromatic carbocycles. The van der Waals surface area contributed by atoms with Crippen LogP contribution >= 0.6 is 0 Å². The lowest BCUT2D eigenvalue weighted by molar-refractivity contribution is -0.147. The highest BCUT2D eigenvalue weighted by Crippen LogP contribution is 2.36. The van der Waals surface area contributed by atoms with Crippen LogP contribution in [0.3, 0.4) is 0 Å². The molecule has 1 aliphatic heterocycles. The normalized spacial score (nSPS) is 28.5. The zero-order valence-electron chi connectivity index (χ0n) is 22.2. The number of aromatic nitrogens is 1. The lowest BCUT2D eigenvalue weighted by Crippen LogP contribution is -2.64. The van der Waals surface area contributed by atoms with Crippen LogP contribution in [0.1, 0.15) is 42.7 Å². The Morgan fingerprint density at radius 1 is 1.05 bits per heavy atom. The molecule has 0 radical (unpaired) electrons. The molecule has 2 aliphatic rings. The van der Waals surface area contributed by atoms with Crippen molar-refractivity contribution in [2.45, 2.75) is 63.4 Å². The smallest absolute Gasteiger partial charge is 0.274 e. The number of carbonyl (C=O) groups is 4. The van der Waals surface area contributed by atoms with E-state index >= 15 is 0 Å². The van der Waals surface area contributed by atoms with Gasteiger partial charge in [0.1, 0.15) is 17.8 Å². The molecule has 208 valence electrons. The summed E-state index contributed by atoms with van der Waals surface area (Å²) < 4.78 is 0. The van der Waals surface area contributed by atoms with Crippen LogP contribution in [0, 0.1) is 11.8 Å². The van der Waals surface area contributed by atoms with E-state index in [2.05, 4.69) is 20.9 Å². The van der Waals surface area contributed by atoms with Gasteiger partial charge in [-0.3, -0.25) is 19.2 Å². The Morgan fingerprint density at radius 2 is 1.74 bits per heavy atom. The van der Waals surface area contributed by atoms with Crippen LogP contribution in [0.4, 0.5) is 0 Å². The molecule has 1 unspecified atom stereocenters. The van der Waals surface area contributed by atoms with Crippen molar-refractivity contribution >= 4 is 23.6 Å². The van der Waals surface area contributed by atoms with Crippen molar-refractivity contribution in [1.29, 1.82) is 0 Å². The second-order valence-corrected chi connectivity index (χ2v) is 10.4. The summed E-state index contributed by atoms with van der Waals surface area (Å²) in [5, 5.41) is 29.6. The van der Waals surface area contributed by atoms with Crippen molar-refractivity contribution in [3.05, 3.63) is 59.9 Å². The van der Waals surface area contributed by atoms with E-state index in [4.69, 9.17) is 0 Å². The van der Waals surface area contributed by atoms with Crippen LogP contribution in [0.5, 0.6) is 5.75 Å². The number of aliphatic hydroxyl groups is 1. The third kappa shape index (κ3) is 6.36. The van der Waals surface area contributed by atoms with Gasteiger partial charge in [0.25, 0.3) is 5.91 Å². The maximum absolute atomic E-state index is 13.7. The van der Waals surface area contributed by atoms with Gasteiger partial charge in [-0.05, 0) is 49.8 Å². The first kappa shape index (κ1) is 28.0. The number of nitrogens with one attached hydrogen (secondary N) is 3. The molecule has 4 amide bonds. The summed E-state index contributed by atoms with van der Waals surface area (Å²) in [5.41, 5.74) is 0.559. The summed E-state index contributed by atoms with van der Waals surface area (Å²) in [6.45, 7) is 3.15. The van der Waals surface area contributed by atoms with E-state index in [-0.39, 0.29) is 23.8 Å². The zero-order chi connectivity index (χ0) is 28.3. The minimum absolute atomic E-state index is 0.0362. The largest absolute Gasteiger partial charge is 0.505 e. The maximum Gasteiger partial charge on any atom is 0.274 e. The average molecular weight is 538 g/mol. The number of carbonyl (C=O) groups excluding carboxylic acids is 4. The lowest BCUT2D eigenvalue weighted by Gasteiger charge is -2.37. The first-order valence-electron chi connectivity index (χ1n) is 13.1.